The Hall–Kier alpha value is -0.120. The van der Waals surface area contributed by atoms with Crippen molar-refractivity contribution in [3.63, 3.8) is 0 Å². The molecular weight excluding hydrogens is 178 g/mol. The van der Waals surface area contributed by atoms with E-state index in [1.807, 2.05) is 0 Å². The first-order chi connectivity index (χ1) is 6.56. The molecule has 0 radical (unpaired) electrons. The Balaban J connectivity index is 2.57. The highest BCUT2D eigenvalue weighted by Crippen LogP contribution is 2.24. The minimum absolute atomic E-state index is 0.242. The quantitative estimate of drug-likeness (QED) is 0.688. The first-order valence-corrected chi connectivity index (χ1v) is 5.44. The van der Waals surface area contributed by atoms with E-state index >= 15 is 0 Å². The average molecular weight is 201 g/mol. The van der Waals surface area contributed by atoms with E-state index in [1.54, 1.807) is 7.11 Å². The third-order valence-electron chi connectivity index (χ3n) is 2.96. The fourth-order valence-corrected chi connectivity index (χ4v) is 2.23. The van der Waals surface area contributed by atoms with Crippen LogP contribution >= 0.6 is 0 Å². The molecule has 0 aromatic rings. The van der Waals surface area contributed by atoms with Crippen LogP contribution < -0.4 is 0 Å². The summed E-state index contributed by atoms with van der Waals surface area (Å²) in [6.07, 6.45) is 1.99. The molecule has 3 atom stereocenters. The lowest BCUT2D eigenvalue weighted by Gasteiger charge is -2.30. The van der Waals surface area contributed by atoms with Crippen molar-refractivity contribution in [3.8, 4) is 0 Å². The van der Waals surface area contributed by atoms with E-state index in [-0.39, 0.29) is 6.10 Å². The van der Waals surface area contributed by atoms with Crippen molar-refractivity contribution in [2.75, 3.05) is 20.7 Å². The van der Waals surface area contributed by atoms with Gasteiger partial charge in [-0.05, 0) is 34.2 Å². The Kier molecular flexibility index (Phi) is 4.35. The zero-order chi connectivity index (χ0) is 10.7. The molecule has 1 heterocycles. The van der Waals surface area contributed by atoms with Gasteiger partial charge in [-0.25, -0.2) is 0 Å². The van der Waals surface area contributed by atoms with Gasteiger partial charge in [-0.2, -0.15) is 0 Å². The van der Waals surface area contributed by atoms with Crippen LogP contribution in [0.5, 0.6) is 0 Å². The SMILES string of the molecule is CO[C@@H](C)[C@@H]1[C@@H](OC(C)C)CCN1C. The number of nitrogens with zero attached hydrogens (tertiary/aromatic N) is 1. The van der Waals surface area contributed by atoms with Crippen LogP contribution in [-0.4, -0.2) is 50.0 Å². The number of likely N-dealkylation sites (N-methyl/N-ethyl adjacent to an activating group) is 1. The highest BCUT2D eigenvalue weighted by molar-refractivity contribution is 4.90. The van der Waals surface area contributed by atoms with Gasteiger partial charge in [-0.15, -0.1) is 0 Å². The molecule has 1 saturated heterocycles. The molecule has 0 amide bonds. The number of hydrogen-bond acceptors (Lipinski definition) is 3. The molecule has 0 N–H and O–H groups in total. The average Bonchev–Trinajstić information content (AvgIpc) is 2.45. The molecule has 1 aliphatic rings. The molecule has 0 unspecified atom stereocenters. The molecule has 1 fully saturated rings. The third kappa shape index (κ3) is 2.69. The van der Waals surface area contributed by atoms with Crippen molar-refractivity contribution in [3.05, 3.63) is 0 Å². The first-order valence-electron chi connectivity index (χ1n) is 5.44. The number of rotatable bonds is 4. The van der Waals surface area contributed by atoms with Gasteiger partial charge >= 0.3 is 0 Å². The van der Waals surface area contributed by atoms with Crippen LogP contribution in [0.2, 0.25) is 0 Å². The summed E-state index contributed by atoms with van der Waals surface area (Å²) in [6.45, 7) is 7.40. The minimum Gasteiger partial charge on any atom is -0.380 e. The maximum absolute atomic E-state index is 5.90. The monoisotopic (exact) mass is 201 g/mol. The molecule has 0 spiro atoms. The van der Waals surface area contributed by atoms with E-state index in [2.05, 4.69) is 32.7 Å². The van der Waals surface area contributed by atoms with Gasteiger partial charge in [0.05, 0.1) is 24.4 Å². The zero-order valence-corrected chi connectivity index (χ0v) is 9.99. The smallest absolute Gasteiger partial charge is 0.0771 e. The lowest BCUT2D eigenvalue weighted by Crippen LogP contribution is -2.43. The van der Waals surface area contributed by atoms with Crippen molar-refractivity contribution >= 4 is 0 Å². The summed E-state index contributed by atoms with van der Waals surface area (Å²) in [4.78, 5) is 2.33. The summed E-state index contributed by atoms with van der Waals surface area (Å²) in [5.74, 6) is 0. The van der Waals surface area contributed by atoms with E-state index in [1.165, 1.54) is 0 Å². The van der Waals surface area contributed by atoms with Gasteiger partial charge in [0.1, 0.15) is 0 Å². The summed E-state index contributed by atoms with van der Waals surface area (Å²) in [5.41, 5.74) is 0. The molecule has 1 rings (SSSR count). The Bertz CT molecular complexity index is 173. The van der Waals surface area contributed by atoms with Crippen LogP contribution in [-0.2, 0) is 9.47 Å². The number of hydrogen-bond donors (Lipinski definition) is 0. The van der Waals surface area contributed by atoms with Gasteiger partial charge in [0.2, 0.25) is 0 Å². The van der Waals surface area contributed by atoms with Crippen LogP contribution in [0, 0.1) is 0 Å². The van der Waals surface area contributed by atoms with Crippen molar-refractivity contribution in [2.45, 2.75) is 51.5 Å². The van der Waals surface area contributed by atoms with E-state index < -0.39 is 0 Å². The zero-order valence-electron chi connectivity index (χ0n) is 9.99. The standard InChI is InChI=1S/C11H23NO2/c1-8(2)14-10-6-7-12(4)11(10)9(3)13-5/h8-11H,6-7H2,1-5H3/t9-,10-,11+/m0/s1. The minimum atomic E-state index is 0.242. The largest absolute Gasteiger partial charge is 0.380 e. The predicted molar refractivity (Wildman–Crippen MR) is 57.5 cm³/mol. The Labute approximate surface area is 87.4 Å². The molecule has 3 heteroatoms. The van der Waals surface area contributed by atoms with Crippen LogP contribution in [0.3, 0.4) is 0 Å². The maximum Gasteiger partial charge on any atom is 0.0771 e. The summed E-state index contributed by atoms with van der Waals surface area (Å²) < 4.78 is 11.3. The lowest BCUT2D eigenvalue weighted by molar-refractivity contribution is -0.0513. The van der Waals surface area contributed by atoms with E-state index in [0.29, 0.717) is 18.2 Å². The second-order valence-electron chi connectivity index (χ2n) is 4.42. The van der Waals surface area contributed by atoms with Crippen molar-refractivity contribution in [1.82, 2.24) is 4.90 Å². The number of ether oxygens (including phenoxy) is 2. The fraction of sp³-hybridized carbons (Fsp3) is 1.00. The molecule has 3 nitrogen and oxygen atoms in total. The van der Waals surface area contributed by atoms with Gasteiger partial charge < -0.3 is 9.47 Å². The second kappa shape index (κ2) is 5.10. The van der Waals surface area contributed by atoms with Gasteiger partial charge in [0, 0.05) is 13.7 Å². The van der Waals surface area contributed by atoms with Gasteiger partial charge in [-0.3, -0.25) is 4.90 Å². The van der Waals surface area contributed by atoms with Crippen LogP contribution in [0.4, 0.5) is 0 Å². The highest BCUT2D eigenvalue weighted by atomic mass is 16.5. The topological polar surface area (TPSA) is 21.7 Å². The van der Waals surface area contributed by atoms with Crippen LogP contribution in [0.15, 0.2) is 0 Å². The lowest BCUT2D eigenvalue weighted by atomic mass is 10.1. The fourth-order valence-electron chi connectivity index (χ4n) is 2.23. The van der Waals surface area contributed by atoms with Gasteiger partial charge in [-0.1, -0.05) is 0 Å². The molecule has 0 saturated carbocycles. The maximum atomic E-state index is 5.90. The Morgan fingerprint density at radius 1 is 1.29 bits per heavy atom. The molecule has 0 aliphatic carbocycles. The van der Waals surface area contributed by atoms with Gasteiger partial charge in [0.15, 0.2) is 0 Å². The Morgan fingerprint density at radius 3 is 2.43 bits per heavy atom. The summed E-state index contributed by atoms with van der Waals surface area (Å²) >= 11 is 0. The first kappa shape index (κ1) is 12.0. The van der Waals surface area contributed by atoms with Crippen LogP contribution in [0.1, 0.15) is 27.2 Å². The number of methoxy groups -OCH3 is 1. The second-order valence-corrected chi connectivity index (χ2v) is 4.42. The molecule has 84 valence electrons. The molecule has 0 bridgehead atoms. The predicted octanol–water partition coefficient (Wildman–Crippen LogP) is 1.52. The van der Waals surface area contributed by atoms with E-state index in [4.69, 9.17) is 9.47 Å². The van der Waals surface area contributed by atoms with Gasteiger partial charge in [0.25, 0.3) is 0 Å². The summed E-state index contributed by atoms with van der Waals surface area (Å²) in [6, 6.07) is 0.405. The van der Waals surface area contributed by atoms with Crippen molar-refractivity contribution in [2.24, 2.45) is 0 Å². The third-order valence-corrected chi connectivity index (χ3v) is 2.96. The molecule has 1 aliphatic heterocycles. The highest BCUT2D eigenvalue weighted by Gasteiger charge is 2.36. The Morgan fingerprint density at radius 2 is 1.93 bits per heavy atom. The summed E-state index contributed by atoms with van der Waals surface area (Å²) in [5, 5.41) is 0. The van der Waals surface area contributed by atoms with Crippen molar-refractivity contribution < 1.29 is 9.47 Å². The van der Waals surface area contributed by atoms with E-state index in [0.717, 1.165) is 13.0 Å². The normalized spacial score (nSPS) is 31.3. The number of likely N-dealkylation sites (tertiary alicyclic amines) is 1. The van der Waals surface area contributed by atoms with E-state index in [9.17, 15) is 0 Å². The summed E-state index contributed by atoms with van der Waals surface area (Å²) in [7, 11) is 3.91. The molecule has 14 heavy (non-hydrogen) atoms. The van der Waals surface area contributed by atoms with Crippen LogP contribution in [0.25, 0.3) is 0 Å². The molecular formula is C11H23NO2. The molecule has 0 aromatic carbocycles. The van der Waals surface area contributed by atoms with Crippen molar-refractivity contribution in [1.29, 1.82) is 0 Å². The molecule has 0 aromatic heterocycles.